The second kappa shape index (κ2) is 6.72. The largest absolute Gasteiger partial charge is 0.508 e. The van der Waals surface area contributed by atoms with Crippen LogP contribution in [-0.4, -0.2) is 5.11 Å². The zero-order chi connectivity index (χ0) is 11.0. The Bertz CT molecular complexity index is 307. The molecule has 0 bridgehead atoms. The molecule has 0 spiro atoms. The minimum Gasteiger partial charge on any atom is -0.508 e. The highest BCUT2D eigenvalue weighted by Gasteiger charge is 1.84. The second-order valence-electron chi connectivity index (χ2n) is 2.85. The number of aromatic hydroxyl groups is 1. The van der Waals surface area contributed by atoms with Crippen LogP contribution in [0, 0.1) is 0 Å². The zero-order valence-electron chi connectivity index (χ0n) is 8.53. The number of phenolic OH excluding ortho intramolecular Hbond substituents is 1. The van der Waals surface area contributed by atoms with Crippen LogP contribution in [0.4, 0.5) is 0 Å². The highest BCUT2D eigenvalue weighted by molar-refractivity contribution is 5.47. The molecule has 0 unspecified atom stereocenters. The molecule has 1 aromatic rings. The summed E-state index contributed by atoms with van der Waals surface area (Å²) in [6.07, 6.45) is 3.46. The van der Waals surface area contributed by atoms with Gasteiger partial charge in [0.25, 0.3) is 0 Å². The van der Waals surface area contributed by atoms with Gasteiger partial charge in [-0.3, -0.25) is 0 Å². The van der Waals surface area contributed by atoms with Gasteiger partial charge < -0.3 is 5.11 Å². The van der Waals surface area contributed by atoms with Crippen molar-refractivity contribution in [2.45, 2.75) is 6.92 Å². The number of hydrogen-bond acceptors (Lipinski definition) is 1. The van der Waals surface area contributed by atoms with Crippen LogP contribution < -0.4 is 0 Å². The van der Waals surface area contributed by atoms with Gasteiger partial charge in [0.2, 0.25) is 0 Å². The predicted octanol–water partition coefficient (Wildman–Crippen LogP) is 3.78. The lowest BCUT2D eigenvalue weighted by atomic mass is 10.2. The van der Waals surface area contributed by atoms with E-state index in [-0.39, 0.29) is 0 Å². The van der Waals surface area contributed by atoms with Gasteiger partial charge in [-0.05, 0) is 24.6 Å². The van der Waals surface area contributed by atoms with E-state index in [0.717, 1.165) is 11.1 Å². The van der Waals surface area contributed by atoms with E-state index in [2.05, 4.69) is 19.7 Å². The third-order valence-electron chi connectivity index (χ3n) is 1.48. The molecule has 0 atom stereocenters. The fourth-order valence-electron chi connectivity index (χ4n) is 0.610. The molecule has 1 N–H and O–H groups in total. The molecule has 74 valence electrons. The standard InChI is InChI=1S/C8H8O.C5H8/c1-2-7-3-5-8(9)6-4-7;1-4-5(2)3/h2-6,9H,1H2;4H,1-2H2,3H3. The fourth-order valence-corrected chi connectivity index (χ4v) is 0.610. The maximum absolute atomic E-state index is 8.82. The van der Waals surface area contributed by atoms with Gasteiger partial charge in [0.05, 0.1) is 0 Å². The number of hydrogen-bond donors (Lipinski definition) is 1. The van der Waals surface area contributed by atoms with E-state index >= 15 is 0 Å². The minimum absolute atomic E-state index is 0.292. The number of phenols is 1. The average Bonchev–Trinajstić information content (AvgIpc) is 2.20. The molecule has 0 saturated carbocycles. The van der Waals surface area contributed by atoms with Gasteiger partial charge in [0.1, 0.15) is 5.75 Å². The van der Waals surface area contributed by atoms with Crippen molar-refractivity contribution in [2.24, 2.45) is 0 Å². The van der Waals surface area contributed by atoms with Crippen LogP contribution in [0.2, 0.25) is 0 Å². The number of allylic oxidation sites excluding steroid dienone is 2. The Labute approximate surface area is 85.7 Å². The van der Waals surface area contributed by atoms with Gasteiger partial charge in [-0.2, -0.15) is 0 Å². The van der Waals surface area contributed by atoms with Crippen molar-refractivity contribution in [3.8, 4) is 5.75 Å². The van der Waals surface area contributed by atoms with Crippen LogP contribution in [-0.2, 0) is 0 Å². The molecule has 14 heavy (non-hydrogen) atoms. The maximum Gasteiger partial charge on any atom is 0.115 e. The normalized spacial score (nSPS) is 8.07. The Hall–Kier alpha value is -1.76. The quantitative estimate of drug-likeness (QED) is 0.700. The van der Waals surface area contributed by atoms with Crippen molar-refractivity contribution in [1.82, 2.24) is 0 Å². The van der Waals surface area contributed by atoms with E-state index in [1.165, 1.54) is 0 Å². The topological polar surface area (TPSA) is 20.2 Å². The summed E-state index contributed by atoms with van der Waals surface area (Å²) < 4.78 is 0. The van der Waals surface area contributed by atoms with Crippen LogP contribution in [0.3, 0.4) is 0 Å². The first-order chi connectivity index (χ1) is 6.60. The van der Waals surface area contributed by atoms with Crippen molar-refractivity contribution in [2.75, 3.05) is 0 Å². The van der Waals surface area contributed by atoms with Crippen LogP contribution in [0.25, 0.3) is 6.08 Å². The molecule has 0 aliphatic carbocycles. The van der Waals surface area contributed by atoms with Crippen molar-refractivity contribution in [3.05, 3.63) is 61.2 Å². The van der Waals surface area contributed by atoms with Crippen LogP contribution in [0.5, 0.6) is 5.75 Å². The Morgan fingerprint density at radius 3 is 1.93 bits per heavy atom. The molecule has 1 heteroatoms. The van der Waals surface area contributed by atoms with Gasteiger partial charge in [-0.15, -0.1) is 0 Å². The average molecular weight is 188 g/mol. The minimum atomic E-state index is 0.292. The highest BCUT2D eigenvalue weighted by atomic mass is 16.3. The Morgan fingerprint density at radius 1 is 1.21 bits per heavy atom. The highest BCUT2D eigenvalue weighted by Crippen LogP contribution is 2.09. The molecule has 0 saturated heterocycles. The summed E-state index contributed by atoms with van der Waals surface area (Å²) in [7, 11) is 0. The molecule has 1 rings (SSSR count). The first kappa shape index (κ1) is 12.2. The lowest BCUT2D eigenvalue weighted by Crippen LogP contribution is -1.67. The molecule has 0 amide bonds. The number of benzene rings is 1. The molecule has 0 aliphatic heterocycles. The van der Waals surface area contributed by atoms with Gasteiger partial charge >= 0.3 is 0 Å². The fraction of sp³-hybridized carbons (Fsp3) is 0.0769. The van der Waals surface area contributed by atoms with Crippen LogP contribution in [0.1, 0.15) is 12.5 Å². The third kappa shape index (κ3) is 5.84. The first-order valence-corrected chi connectivity index (χ1v) is 4.29. The maximum atomic E-state index is 8.82. The summed E-state index contributed by atoms with van der Waals surface area (Å²) in [6.45, 7) is 12.5. The molecular weight excluding hydrogens is 172 g/mol. The molecule has 1 nitrogen and oxygen atoms in total. The number of rotatable bonds is 2. The molecule has 1 aromatic carbocycles. The summed E-state index contributed by atoms with van der Waals surface area (Å²) in [4.78, 5) is 0. The lowest BCUT2D eigenvalue weighted by Gasteiger charge is -1.90. The molecule has 0 aliphatic rings. The predicted molar refractivity (Wildman–Crippen MR) is 63.2 cm³/mol. The third-order valence-corrected chi connectivity index (χ3v) is 1.48. The lowest BCUT2D eigenvalue weighted by molar-refractivity contribution is 0.475. The zero-order valence-corrected chi connectivity index (χ0v) is 8.53. The van der Waals surface area contributed by atoms with E-state index in [0.29, 0.717) is 5.75 Å². The van der Waals surface area contributed by atoms with Gasteiger partial charge in [0.15, 0.2) is 0 Å². The van der Waals surface area contributed by atoms with Gasteiger partial charge in [0, 0.05) is 0 Å². The summed E-state index contributed by atoms with van der Waals surface area (Å²) >= 11 is 0. The van der Waals surface area contributed by atoms with E-state index < -0.39 is 0 Å². The Kier molecular flexibility index (Phi) is 5.88. The van der Waals surface area contributed by atoms with Crippen molar-refractivity contribution >= 4 is 6.08 Å². The van der Waals surface area contributed by atoms with Crippen LogP contribution in [0.15, 0.2) is 55.7 Å². The molecular formula is C13H16O. The van der Waals surface area contributed by atoms with Crippen molar-refractivity contribution < 1.29 is 5.11 Å². The van der Waals surface area contributed by atoms with Crippen molar-refractivity contribution in [1.29, 1.82) is 0 Å². The summed E-state index contributed by atoms with van der Waals surface area (Å²) in [5.41, 5.74) is 2.04. The van der Waals surface area contributed by atoms with Gasteiger partial charge in [-0.25, -0.2) is 0 Å². The smallest absolute Gasteiger partial charge is 0.115 e. The van der Waals surface area contributed by atoms with Crippen molar-refractivity contribution in [3.63, 3.8) is 0 Å². The van der Waals surface area contributed by atoms with E-state index in [4.69, 9.17) is 5.11 Å². The molecule has 0 heterocycles. The summed E-state index contributed by atoms with van der Waals surface area (Å²) in [5, 5.41) is 8.82. The van der Waals surface area contributed by atoms with Gasteiger partial charge in [-0.1, -0.05) is 49.6 Å². The van der Waals surface area contributed by atoms with E-state index in [1.807, 2.05) is 19.1 Å². The second-order valence-corrected chi connectivity index (χ2v) is 2.85. The first-order valence-electron chi connectivity index (χ1n) is 4.29. The summed E-state index contributed by atoms with van der Waals surface area (Å²) in [6, 6.07) is 6.89. The Balaban J connectivity index is 0.000000292. The Morgan fingerprint density at radius 2 is 1.64 bits per heavy atom. The SMILES string of the molecule is C=CC(=C)C.C=Cc1ccc(O)cc1. The van der Waals surface area contributed by atoms with E-state index in [9.17, 15) is 0 Å². The molecule has 0 radical (unpaired) electrons. The summed E-state index contributed by atoms with van der Waals surface area (Å²) in [5.74, 6) is 0.292. The molecule has 0 aromatic heterocycles. The monoisotopic (exact) mass is 188 g/mol. The molecule has 0 fully saturated rings. The van der Waals surface area contributed by atoms with Crippen LogP contribution >= 0.6 is 0 Å². The van der Waals surface area contributed by atoms with E-state index in [1.54, 1.807) is 24.3 Å².